The van der Waals surface area contributed by atoms with E-state index >= 15 is 0 Å². The van der Waals surface area contributed by atoms with Gasteiger partial charge in [0.1, 0.15) is 5.75 Å². The first-order chi connectivity index (χ1) is 19.0. The van der Waals surface area contributed by atoms with Gasteiger partial charge in [0.15, 0.2) is 0 Å². The lowest BCUT2D eigenvalue weighted by Gasteiger charge is -2.20. The molecule has 0 radical (unpaired) electrons. The Bertz CT molecular complexity index is 1440. The van der Waals surface area contributed by atoms with Gasteiger partial charge in [-0.05, 0) is 74.5 Å². The van der Waals surface area contributed by atoms with Crippen LogP contribution in [0.1, 0.15) is 12.5 Å². The van der Waals surface area contributed by atoms with E-state index in [9.17, 15) is 9.13 Å². The van der Waals surface area contributed by atoms with Crippen LogP contribution in [0.3, 0.4) is 0 Å². The third-order valence-corrected chi connectivity index (χ3v) is 11.0. The molecule has 5 aromatic rings. The summed E-state index contributed by atoms with van der Waals surface area (Å²) in [4.78, 5) is 0. The van der Waals surface area contributed by atoms with Crippen molar-refractivity contribution < 1.29 is 18.2 Å². The molecule has 0 atom stereocenters. The Labute approximate surface area is 231 Å². The van der Waals surface area contributed by atoms with Gasteiger partial charge in [0.05, 0.1) is 17.2 Å². The van der Waals surface area contributed by atoms with Crippen molar-refractivity contribution in [3.63, 3.8) is 0 Å². The highest BCUT2D eigenvalue weighted by molar-refractivity contribution is 7.75. The van der Waals surface area contributed by atoms with Crippen LogP contribution in [0.5, 0.6) is 5.75 Å². The molecular formula is C33H32O4P2. The van der Waals surface area contributed by atoms with Crippen LogP contribution in [0.2, 0.25) is 0 Å². The Morgan fingerprint density at radius 1 is 0.487 bits per heavy atom. The number of hydrogen-bond acceptors (Lipinski definition) is 4. The molecule has 0 aliphatic heterocycles. The molecule has 0 N–H and O–H groups in total. The minimum atomic E-state index is -3.16. The van der Waals surface area contributed by atoms with E-state index in [1.54, 1.807) is 0 Å². The van der Waals surface area contributed by atoms with Gasteiger partial charge < -0.3 is 9.05 Å². The maximum absolute atomic E-state index is 13.6. The van der Waals surface area contributed by atoms with E-state index < -0.39 is 14.7 Å². The fourth-order valence-corrected chi connectivity index (χ4v) is 8.12. The van der Waals surface area contributed by atoms with Gasteiger partial charge in [-0.25, -0.2) is 0 Å². The molecule has 0 fully saturated rings. The Morgan fingerprint density at radius 2 is 0.821 bits per heavy atom. The smallest absolute Gasteiger partial charge is 0.306 e. The molecule has 0 saturated carbocycles. The zero-order valence-electron chi connectivity index (χ0n) is 22.1. The molecule has 5 aromatic carbocycles. The third-order valence-electron chi connectivity index (χ3n) is 5.95. The van der Waals surface area contributed by atoms with Gasteiger partial charge in [0, 0.05) is 10.6 Å². The maximum Gasteiger partial charge on any atom is 0.306 e. The van der Waals surface area contributed by atoms with Crippen LogP contribution in [-0.2, 0) is 13.7 Å². The predicted octanol–water partition coefficient (Wildman–Crippen LogP) is 7.25. The highest BCUT2D eigenvalue weighted by Gasteiger charge is 2.30. The first-order valence-corrected chi connectivity index (χ1v) is 16.0. The second kappa shape index (κ2) is 13.4. The summed E-state index contributed by atoms with van der Waals surface area (Å²) >= 11 is 0. The van der Waals surface area contributed by atoms with Crippen LogP contribution in [0.25, 0.3) is 0 Å². The summed E-state index contributed by atoms with van der Waals surface area (Å²) < 4.78 is 38.2. The molecule has 0 spiro atoms. The first kappa shape index (κ1) is 28.3. The molecule has 0 aliphatic carbocycles. The van der Waals surface area contributed by atoms with Gasteiger partial charge in [-0.2, -0.15) is 0 Å². The third kappa shape index (κ3) is 7.05. The number of hydrogen-bond donors (Lipinski definition) is 0. The summed E-state index contributed by atoms with van der Waals surface area (Å²) in [5, 5.41) is 2.88. The molecule has 0 amide bonds. The van der Waals surface area contributed by atoms with Crippen molar-refractivity contribution in [3.05, 3.63) is 151 Å². The molecule has 6 heteroatoms. The van der Waals surface area contributed by atoms with Crippen molar-refractivity contribution in [1.82, 2.24) is 0 Å². The molecule has 198 valence electrons. The number of benzene rings is 5. The van der Waals surface area contributed by atoms with Gasteiger partial charge in [-0.1, -0.05) is 90.5 Å². The van der Waals surface area contributed by atoms with Crippen molar-refractivity contribution in [2.45, 2.75) is 13.8 Å². The summed E-state index contributed by atoms with van der Waals surface area (Å²) in [6, 6.07) is 45.1. The molecule has 0 heterocycles. The van der Waals surface area contributed by atoms with E-state index in [2.05, 4.69) is 0 Å². The molecule has 0 bridgehead atoms. The highest BCUT2D eigenvalue weighted by atomic mass is 31.2. The standard InChI is InChI=1S/C19H17O2P.C14H15O2P/c1-16-12-14-17(15-13-16)21-22(20,18-8-4-2-5-9-18)19-10-6-3-7-11-19;1-2-16-17(15,13-9-5-3-6-10-13)14-11-7-4-8-12-14/h2-15H,1H3;3-12H,2H2,1H3. The van der Waals surface area contributed by atoms with Crippen LogP contribution in [0.4, 0.5) is 0 Å². The van der Waals surface area contributed by atoms with Crippen LogP contribution in [0.15, 0.2) is 146 Å². The van der Waals surface area contributed by atoms with Gasteiger partial charge in [0.2, 0.25) is 0 Å². The summed E-state index contributed by atoms with van der Waals surface area (Å²) in [5.41, 5.74) is 1.14. The minimum Gasteiger partial charge on any atom is -0.437 e. The fourth-order valence-electron chi connectivity index (χ4n) is 3.98. The zero-order chi connectivity index (χ0) is 27.6. The monoisotopic (exact) mass is 554 g/mol. The second-order valence-electron chi connectivity index (χ2n) is 8.77. The van der Waals surface area contributed by atoms with Gasteiger partial charge in [-0.15, -0.1) is 0 Å². The van der Waals surface area contributed by atoms with E-state index in [0.717, 1.165) is 16.2 Å². The molecule has 39 heavy (non-hydrogen) atoms. The van der Waals surface area contributed by atoms with E-state index in [1.807, 2.05) is 159 Å². The van der Waals surface area contributed by atoms with Crippen LogP contribution in [-0.4, -0.2) is 6.61 Å². The Balaban J connectivity index is 0.000000187. The average molecular weight is 555 g/mol. The summed E-state index contributed by atoms with van der Waals surface area (Å²) in [7, 11) is -6.09. The molecular weight excluding hydrogens is 522 g/mol. The van der Waals surface area contributed by atoms with E-state index in [-0.39, 0.29) is 0 Å². The van der Waals surface area contributed by atoms with Crippen molar-refractivity contribution >= 4 is 36.0 Å². The SMILES string of the molecule is CCOP(=O)(c1ccccc1)c1ccccc1.Cc1ccc(OP(=O)(c2ccccc2)c2ccccc2)cc1. The summed E-state index contributed by atoms with van der Waals surface area (Å²) in [5.74, 6) is 0.613. The molecule has 0 aromatic heterocycles. The van der Waals surface area contributed by atoms with Crippen molar-refractivity contribution in [2.75, 3.05) is 6.61 Å². The van der Waals surface area contributed by atoms with Gasteiger partial charge >= 0.3 is 7.37 Å². The minimum absolute atomic E-state index is 0.432. The lowest BCUT2D eigenvalue weighted by Crippen LogP contribution is -2.19. The summed E-state index contributed by atoms with van der Waals surface area (Å²) in [6.45, 7) is 4.30. The predicted molar refractivity (Wildman–Crippen MR) is 163 cm³/mol. The van der Waals surface area contributed by atoms with E-state index in [4.69, 9.17) is 9.05 Å². The van der Waals surface area contributed by atoms with Crippen LogP contribution in [0, 0.1) is 6.92 Å². The lowest BCUT2D eigenvalue weighted by molar-refractivity contribution is 0.348. The molecule has 0 aliphatic rings. The Morgan fingerprint density at radius 3 is 1.15 bits per heavy atom. The second-order valence-corrected chi connectivity index (χ2v) is 13.5. The maximum atomic E-state index is 13.6. The van der Waals surface area contributed by atoms with Gasteiger partial charge in [0.25, 0.3) is 7.37 Å². The number of aryl methyl sites for hydroxylation is 1. The van der Waals surface area contributed by atoms with Gasteiger partial charge in [-0.3, -0.25) is 9.13 Å². The summed E-state index contributed by atoms with van der Waals surface area (Å²) in [6.07, 6.45) is 0. The van der Waals surface area contributed by atoms with Crippen molar-refractivity contribution in [1.29, 1.82) is 0 Å². The van der Waals surface area contributed by atoms with E-state index in [1.165, 1.54) is 0 Å². The van der Waals surface area contributed by atoms with Crippen molar-refractivity contribution in [2.24, 2.45) is 0 Å². The van der Waals surface area contributed by atoms with Crippen molar-refractivity contribution in [3.8, 4) is 5.75 Å². The first-order valence-electron chi connectivity index (χ1n) is 12.8. The van der Waals surface area contributed by atoms with E-state index in [0.29, 0.717) is 23.0 Å². The molecule has 5 rings (SSSR count). The Hall–Kier alpha value is -3.68. The quantitative estimate of drug-likeness (QED) is 0.190. The molecule has 4 nitrogen and oxygen atoms in total. The Kier molecular flexibility index (Phi) is 9.74. The molecule has 0 saturated heterocycles. The van der Waals surface area contributed by atoms with Crippen LogP contribution >= 0.6 is 14.7 Å². The highest BCUT2D eigenvalue weighted by Crippen LogP contribution is 2.45. The topological polar surface area (TPSA) is 52.6 Å². The lowest BCUT2D eigenvalue weighted by atomic mass is 10.2. The average Bonchev–Trinajstić information content (AvgIpc) is 3.00. The largest absolute Gasteiger partial charge is 0.437 e. The number of rotatable bonds is 8. The molecule has 0 unspecified atom stereocenters. The zero-order valence-corrected chi connectivity index (χ0v) is 23.9. The fraction of sp³-hybridized carbons (Fsp3) is 0.0909. The van der Waals surface area contributed by atoms with Crippen LogP contribution < -0.4 is 25.7 Å². The normalized spacial score (nSPS) is 11.2.